The van der Waals surface area contributed by atoms with Gasteiger partial charge in [-0.05, 0) is 24.1 Å². The Morgan fingerprint density at radius 1 is 1.53 bits per heavy atom. The summed E-state index contributed by atoms with van der Waals surface area (Å²) in [6.07, 6.45) is 0.898. The van der Waals surface area contributed by atoms with Crippen LogP contribution in [0.25, 0.3) is 0 Å². The number of amides is 1. The van der Waals surface area contributed by atoms with E-state index in [1.54, 1.807) is 7.11 Å². The molecule has 4 nitrogen and oxygen atoms in total. The van der Waals surface area contributed by atoms with Crippen LogP contribution >= 0.6 is 0 Å². The van der Waals surface area contributed by atoms with Gasteiger partial charge in [0.25, 0.3) is 0 Å². The lowest BCUT2D eigenvalue weighted by Gasteiger charge is -2.19. The third-order valence-electron chi connectivity index (χ3n) is 2.64. The number of aryl methyl sites for hydroxylation is 1. The highest BCUT2D eigenvalue weighted by atomic mass is 16.5. The minimum Gasteiger partial charge on any atom is -0.496 e. The number of benzene rings is 1. The van der Waals surface area contributed by atoms with E-state index in [1.165, 1.54) is 6.92 Å². The zero-order valence-corrected chi connectivity index (χ0v) is 10.5. The summed E-state index contributed by atoms with van der Waals surface area (Å²) >= 11 is 0. The van der Waals surface area contributed by atoms with Crippen molar-refractivity contribution in [2.24, 2.45) is 0 Å². The molecule has 0 bridgehead atoms. The highest BCUT2D eigenvalue weighted by molar-refractivity contribution is 5.73. The molecule has 0 fully saturated rings. The summed E-state index contributed by atoms with van der Waals surface area (Å²) in [5.74, 6) is 0.503. The summed E-state index contributed by atoms with van der Waals surface area (Å²) in [6.45, 7) is 3.33. The molecule has 1 unspecified atom stereocenters. The van der Waals surface area contributed by atoms with Crippen molar-refractivity contribution in [3.63, 3.8) is 0 Å². The quantitative estimate of drug-likeness (QED) is 0.814. The number of rotatable bonds is 5. The first kappa shape index (κ1) is 13.5. The van der Waals surface area contributed by atoms with Gasteiger partial charge in [0.2, 0.25) is 5.91 Å². The molecule has 1 aromatic carbocycles. The van der Waals surface area contributed by atoms with Crippen molar-refractivity contribution in [3.05, 3.63) is 29.3 Å². The lowest BCUT2D eigenvalue weighted by molar-refractivity contribution is -0.120. The van der Waals surface area contributed by atoms with Gasteiger partial charge in [0.15, 0.2) is 0 Å². The van der Waals surface area contributed by atoms with E-state index in [0.717, 1.165) is 17.5 Å². The monoisotopic (exact) mass is 237 g/mol. The third kappa shape index (κ3) is 3.46. The van der Waals surface area contributed by atoms with Crippen molar-refractivity contribution in [1.29, 1.82) is 0 Å². The van der Waals surface area contributed by atoms with Crippen LogP contribution in [0.1, 0.15) is 31.0 Å². The Balaban J connectivity index is 3.09. The molecule has 0 aromatic heterocycles. The van der Waals surface area contributed by atoms with Gasteiger partial charge in [0.05, 0.1) is 19.8 Å². The van der Waals surface area contributed by atoms with Crippen LogP contribution in [0.15, 0.2) is 18.2 Å². The zero-order valence-electron chi connectivity index (χ0n) is 10.5. The van der Waals surface area contributed by atoms with Crippen molar-refractivity contribution >= 4 is 5.91 Å². The second kappa shape index (κ2) is 6.25. The van der Waals surface area contributed by atoms with Gasteiger partial charge in [0.1, 0.15) is 5.75 Å². The molecular weight excluding hydrogens is 218 g/mol. The molecule has 17 heavy (non-hydrogen) atoms. The number of hydrogen-bond donors (Lipinski definition) is 2. The molecule has 0 spiro atoms. The van der Waals surface area contributed by atoms with Gasteiger partial charge in [-0.15, -0.1) is 0 Å². The van der Waals surface area contributed by atoms with E-state index < -0.39 is 6.04 Å². The fourth-order valence-corrected chi connectivity index (χ4v) is 1.74. The standard InChI is InChI=1S/C13H19NO3/c1-4-10-5-6-13(17-3)11(7-10)12(8-15)14-9(2)16/h5-7,12,15H,4,8H2,1-3H3,(H,14,16). The Morgan fingerprint density at radius 3 is 2.71 bits per heavy atom. The molecule has 0 aliphatic carbocycles. The number of carbonyl (C=O) groups is 1. The first-order valence-corrected chi connectivity index (χ1v) is 5.67. The fraction of sp³-hybridized carbons (Fsp3) is 0.462. The maximum atomic E-state index is 11.1. The van der Waals surface area contributed by atoms with E-state index in [9.17, 15) is 9.90 Å². The number of nitrogens with one attached hydrogen (secondary N) is 1. The Kier molecular flexibility index (Phi) is 4.97. The number of ether oxygens (including phenoxy) is 1. The largest absolute Gasteiger partial charge is 0.496 e. The number of aliphatic hydroxyl groups excluding tert-OH is 1. The van der Waals surface area contributed by atoms with Crippen molar-refractivity contribution < 1.29 is 14.6 Å². The van der Waals surface area contributed by atoms with E-state index >= 15 is 0 Å². The van der Waals surface area contributed by atoms with Gasteiger partial charge in [0, 0.05) is 12.5 Å². The molecule has 0 saturated heterocycles. The molecule has 1 aromatic rings. The summed E-state index contributed by atoms with van der Waals surface area (Å²) in [7, 11) is 1.58. The van der Waals surface area contributed by atoms with E-state index in [0.29, 0.717) is 5.75 Å². The molecule has 4 heteroatoms. The number of methoxy groups -OCH3 is 1. The zero-order chi connectivity index (χ0) is 12.8. The Labute approximate surface area is 102 Å². The summed E-state index contributed by atoms with van der Waals surface area (Å²) in [6, 6.07) is 5.37. The van der Waals surface area contributed by atoms with Crippen LogP contribution in [0.5, 0.6) is 5.75 Å². The van der Waals surface area contributed by atoms with E-state index in [2.05, 4.69) is 12.2 Å². The van der Waals surface area contributed by atoms with Gasteiger partial charge in [-0.2, -0.15) is 0 Å². The first-order valence-electron chi connectivity index (χ1n) is 5.67. The molecule has 0 radical (unpaired) electrons. The van der Waals surface area contributed by atoms with Crippen LogP contribution in [0.2, 0.25) is 0 Å². The van der Waals surface area contributed by atoms with Gasteiger partial charge in [-0.1, -0.05) is 13.0 Å². The molecular formula is C13H19NO3. The average Bonchev–Trinajstić information content (AvgIpc) is 2.34. The fourth-order valence-electron chi connectivity index (χ4n) is 1.74. The van der Waals surface area contributed by atoms with Gasteiger partial charge in [-0.3, -0.25) is 4.79 Å². The van der Waals surface area contributed by atoms with Crippen LogP contribution < -0.4 is 10.1 Å². The lowest BCUT2D eigenvalue weighted by Crippen LogP contribution is -2.29. The number of hydrogen-bond acceptors (Lipinski definition) is 3. The topological polar surface area (TPSA) is 58.6 Å². The van der Waals surface area contributed by atoms with Crippen molar-refractivity contribution in [1.82, 2.24) is 5.32 Å². The van der Waals surface area contributed by atoms with Crippen LogP contribution in [-0.2, 0) is 11.2 Å². The van der Waals surface area contributed by atoms with Crippen molar-refractivity contribution in [3.8, 4) is 5.75 Å². The summed E-state index contributed by atoms with van der Waals surface area (Å²) in [5, 5.41) is 12.0. The van der Waals surface area contributed by atoms with Gasteiger partial charge < -0.3 is 15.2 Å². The molecule has 1 amide bonds. The van der Waals surface area contributed by atoms with E-state index in [1.807, 2.05) is 18.2 Å². The molecule has 1 rings (SSSR count). The van der Waals surface area contributed by atoms with Crippen LogP contribution in [0.3, 0.4) is 0 Å². The van der Waals surface area contributed by atoms with Crippen LogP contribution in [0, 0.1) is 0 Å². The second-order valence-electron chi connectivity index (χ2n) is 3.87. The molecule has 0 aliphatic heterocycles. The van der Waals surface area contributed by atoms with Gasteiger partial charge in [-0.25, -0.2) is 0 Å². The van der Waals surface area contributed by atoms with E-state index in [4.69, 9.17) is 4.74 Å². The van der Waals surface area contributed by atoms with Crippen LogP contribution in [0.4, 0.5) is 0 Å². The highest BCUT2D eigenvalue weighted by Crippen LogP contribution is 2.26. The van der Waals surface area contributed by atoms with E-state index in [-0.39, 0.29) is 12.5 Å². The van der Waals surface area contributed by atoms with Crippen molar-refractivity contribution in [2.45, 2.75) is 26.3 Å². The minimum atomic E-state index is -0.422. The Morgan fingerprint density at radius 2 is 2.24 bits per heavy atom. The predicted octanol–water partition coefficient (Wildman–Crippen LogP) is 1.43. The first-order chi connectivity index (χ1) is 8.12. The molecule has 0 heterocycles. The Hall–Kier alpha value is -1.55. The maximum Gasteiger partial charge on any atom is 0.217 e. The molecule has 2 N–H and O–H groups in total. The predicted molar refractivity (Wildman–Crippen MR) is 66.0 cm³/mol. The SMILES string of the molecule is CCc1ccc(OC)c(C(CO)NC(C)=O)c1. The third-order valence-corrected chi connectivity index (χ3v) is 2.64. The Bertz CT molecular complexity index is 390. The lowest BCUT2D eigenvalue weighted by atomic mass is 10.0. The number of aliphatic hydroxyl groups is 1. The molecule has 94 valence electrons. The van der Waals surface area contributed by atoms with Gasteiger partial charge >= 0.3 is 0 Å². The second-order valence-corrected chi connectivity index (χ2v) is 3.87. The maximum absolute atomic E-state index is 11.1. The number of carbonyl (C=O) groups excluding carboxylic acids is 1. The van der Waals surface area contributed by atoms with Crippen molar-refractivity contribution in [2.75, 3.05) is 13.7 Å². The smallest absolute Gasteiger partial charge is 0.217 e. The molecule has 0 aliphatic rings. The normalized spacial score (nSPS) is 12.0. The molecule has 0 saturated carbocycles. The average molecular weight is 237 g/mol. The summed E-state index contributed by atoms with van der Waals surface area (Å²) in [4.78, 5) is 11.1. The van der Waals surface area contributed by atoms with Crippen LogP contribution in [-0.4, -0.2) is 24.7 Å². The highest BCUT2D eigenvalue weighted by Gasteiger charge is 2.16. The summed E-state index contributed by atoms with van der Waals surface area (Å²) < 4.78 is 5.25. The minimum absolute atomic E-state index is 0.150. The molecule has 1 atom stereocenters. The summed E-state index contributed by atoms with van der Waals surface area (Å²) in [5.41, 5.74) is 1.95.